The summed E-state index contributed by atoms with van der Waals surface area (Å²) in [5.74, 6) is 0.220. The van der Waals surface area contributed by atoms with E-state index < -0.39 is 12.0 Å². The van der Waals surface area contributed by atoms with Crippen LogP contribution < -0.4 is 20.3 Å². The number of urea groups is 1. The Morgan fingerprint density at radius 3 is 2.52 bits per heavy atom. The van der Waals surface area contributed by atoms with Gasteiger partial charge in [-0.05, 0) is 36.8 Å². The Labute approximate surface area is 194 Å². The normalized spacial score (nSPS) is 19.0. The summed E-state index contributed by atoms with van der Waals surface area (Å²) in [5.41, 5.74) is 2.98. The number of esters is 1. The van der Waals surface area contributed by atoms with Crippen LogP contribution in [0.1, 0.15) is 18.5 Å². The lowest BCUT2D eigenvalue weighted by atomic mass is 9.94. The van der Waals surface area contributed by atoms with E-state index in [0.29, 0.717) is 23.6 Å². The molecule has 8 heteroatoms. The Balaban J connectivity index is 1.57. The van der Waals surface area contributed by atoms with Gasteiger partial charge in [0.05, 0.1) is 25.3 Å². The minimum atomic E-state index is -0.617. The third-order valence-corrected chi connectivity index (χ3v) is 5.95. The Morgan fingerprint density at radius 2 is 1.82 bits per heavy atom. The van der Waals surface area contributed by atoms with Crippen LogP contribution in [0.25, 0.3) is 0 Å². The molecule has 1 atom stereocenters. The smallest absolute Gasteiger partial charge is 0.338 e. The summed E-state index contributed by atoms with van der Waals surface area (Å²) in [6.45, 7) is 5.88. The number of anilines is 1. The van der Waals surface area contributed by atoms with Gasteiger partial charge in [-0.15, -0.1) is 0 Å². The first-order valence-corrected chi connectivity index (χ1v) is 11.2. The van der Waals surface area contributed by atoms with E-state index in [9.17, 15) is 9.59 Å². The van der Waals surface area contributed by atoms with Crippen molar-refractivity contribution in [2.45, 2.75) is 13.0 Å². The van der Waals surface area contributed by atoms with Crippen molar-refractivity contribution in [3.63, 3.8) is 0 Å². The number of para-hydroxylation sites is 1. The molecule has 0 aromatic heterocycles. The maximum absolute atomic E-state index is 13.0. The quantitative estimate of drug-likeness (QED) is 0.631. The molecule has 2 heterocycles. The average Bonchev–Trinajstić information content (AvgIpc) is 2.85. The number of carbonyl (C=O) groups excluding carboxylic acids is 2. The van der Waals surface area contributed by atoms with E-state index in [0.717, 1.165) is 31.7 Å². The zero-order chi connectivity index (χ0) is 23.2. The van der Waals surface area contributed by atoms with Crippen LogP contribution in [0.15, 0.2) is 65.9 Å². The first-order chi connectivity index (χ1) is 16.1. The number of amides is 2. The molecule has 2 aliphatic heterocycles. The number of hydrogen-bond donors (Lipinski definition) is 2. The maximum Gasteiger partial charge on any atom is 0.338 e. The number of nitrogens with one attached hydrogen (secondary N) is 2. The van der Waals surface area contributed by atoms with E-state index in [1.54, 1.807) is 14.0 Å². The van der Waals surface area contributed by atoms with Crippen LogP contribution in [-0.4, -0.2) is 63.3 Å². The first kappa shape index (κ1) is 22.7. The Bertz CT molecular complexity index is 1020. The number of carbonyl (C=O) groups is 2. The molecule has 4 rings (SSSR count). The molecular formula is C25H30N4O4. The Kier molecular flexibility index (Phi) is 7.14. The summed E-state index contributed by atoms with van der Waals surface area (Å²) in [7, 11) is 1.59. The largest absolute Gasteiger partial charge is 0.497 e. The van der Waals surface area contributed by atoms with E-state index in [4.69, 9.17) is 9.47 Å². The number of rotatable bonds is 7. The summed E-state index contributed by atoms with van der Waals surface area (Å²) in [5, 5.41) is 5.74. The van der Waals surface area contributed by atoms with Gasteiger partial charge in [-0.1, -0.05) is 30.3 Å². The van der Waals surface area contributed by atoms with Gasteiger partial charge >= 0.3 is 12.0 Å². The van der Waals surface area contributed by atoms with Gasteiger partial charge in [0.25, 0.3) is 0 Å². The highest BCUT2D eigenvalue weighted by Gasteiger charge is 2.35. The van der Waals surface area contributed by atoms with E-state index in [-0.39, 0.29) is 12.6 Å². The molecule has 0 radical (unpaired) electrons. The topological polar surface area (TPSA) is 83.1 Å². The van der Waals surface area contributed by atoms with Crippen LogP contribution in [0.3, 0.4) is 0 Å². The van der Waals surface area contributed by atoms with Crippen LogP contribution in [0.2, 0.25) is 0 Å². The molecule has 0 saturated carbocycles. The summed E-state index contributed by atoms with van der Waals surface area (Å²) in [6.07, 6.45) is 0. The van der Waals surface area contributed by atoms with Crippen molar-refractivity contribution in [2.24, 2.45) is 0 Å². The SMILES string of the molecule is CCOC(=O)C1=C(CN2CCN(c3ccccc3)CC2)NC(=O)N[C@@H]1c1cccc(OC)c1. The van der Waals surface area contributed by atoms with Crippen molar-refractivity contribution < 1.29 is 19.1 Å². The van der Waals surface area contributed by atoms with Crippen LogP contribution in [0.4, 0.5) is 10.5 Å². The lowest BCUT2D eigenvalue weighted by molar-refractivity contribution is -0.139. The third-order valence-electron chi connectivity index (χ3n) is 5.95. The lowest BCUT2D eigenvalue weighted by Crippen LogP contribution is -2.51. The minimum Gasteiger partial charge on any atom is -0.497 e. The Hall–Kier alpha value is -3.52. The van der Waals surface area contributed by atoms with Crippen molar-refractivity contribution in [3.05, 3.63) is 71.4 Å². The average molecular weight is 451 g/mol. The monoisotopic (exact) mass is 450 g/mol. The van der Waals surface area contributed by atoms with E-state index in [1.807, 2.05) is 42.5 Å². The number of benzene rings is 2. The van der Waals surface area contributed by atoms with Crippen molar-refractivity contribution in [2.75, 3.05) is 51.3 Å². The number of hydrogen-bond acceptors (Lipinski definition) is 6. The number of ether oxygens (including phenoxy) is 2. The van der Waals surface area contributed by atoms with Crippen LogP contribution in [0, 0.1) is 0 Å². The van der Waals surface area contributed by atoms with Crippen LogP contribution in [-0.2, 0) is 9.53 Å². The summed E-state index contributed by atoms with van der Waals surface area (Å²) >= 11 is 0. The lowest BCUT2D eigenvalue weighted by Gasteiger charge is -2.38. The van der Waals surface area contributed by atoms with Gasteiger partial charge in [-0.25, -0.2) is 9.59 Å². The van der Waals surface area contributed by atoms with Gasteiger partial charge in [0.2, 0.25) is 0 Å². The summed E-state index contributed by atoms with van der Waals surface area (Å²) in [6, 6.07) is 16.7. The standard InChI is InChI=1S/C25H30N4O4/c1-3-33-24(30)22-21(17-28-12-14-29(15-13-28)19-9-5-4-6-10-19)26-25(31)27-23(22)18-8-7-11-20(16-18)32-2/h4-11,16,23H,3,12-15,17H2,1-2H3,(H2,26,27,31)/t23-/m1/s1. The molecule has 1 fully saturated rings. The molecule has 1 saturated heterocycles. The molecule has 2 N–H and O–H groups in total. The summed E-state index contributed by atoms with van der Waals surface area (Å²) < 4.78 is 10.7. The second-order valence-electron chi connectivity index (χ2n) is 8.02. The number of piperazine rings is 1. The molecule has 2 aliphatic rings. The van der Waals surface area contributed by atoms with Crippen molar-refractivity contribution in [1.29, 1.82) is 0 Å². The first-order valence-electron chi connectivity index (χ1n) is 11.2. The highest BCUT2D eigenvalue weighted by Crippen LogP contribution is 2.30. The van der Waals surface area contributed by atoms with Gasteiger partial charge < -0.3 is 25.0 Å². The van der Waals surface area contributed by atoms with Gasteiger partial charge in [0.1, 0.15) is 5.75 Å². The Morgan fingerprint density at radius 1 is 1.06 bits per heavy atom. The third kappa shape index (κ3) is 5.28. The summed E-state index contributed by atoms with van der Waals surface area (Å²) in [4.78, 5) is 30.1. The molecule has 33 heavy (non-hydrogen) atoms. The number of nitrogens with zero attached hydrogens (tertiary/aromatic N) is 2. The fourth-order valence-electron chi connectivity index (χ4n) is 4.29. The molecule has 0 unspecified atom stereocenters. The van der Waals surface area contributed by atoms with Gasteiger partial charge in [0, 0.05) is 44.1 Å². The fraction of sp³-hybridized carbons (Fsp3) is 0.360. The van der Waals surface area contributed by atoms with Crippen molar-refractivity contribution >= 4 is 17.7 Å². The maximum atomic E-state index is 13.0. The van der Waals surface area contributed by atoms with Crippen molar-refractivity contribution in [1.82, 2.24) is 15.5 Å². The van der Waals surface area contributed by atoms with Gasteiger partial charge in [-0.3, -0.25) is 4.90 Å². The molecule has 2 aromatic rings. The van der Waals surface area contributed by atoms with Crippen LogP contribution >= 0.6 is 0 Å². The zero-order valence-corrected chi connectivity index (χ0v) is 19.0. The minimum absolute atomic E-state index is 0.254. The molecule has 0 spiro atoms. The number of methoxy groups -OCH3 is 1. The fourth-order valence-corrected chi connectivity index (χ4v) is 4.29. The predicted octanol–water partition coefficient (Wildman–Crippen LogP) is 2.69. The zero-order valence-electron chi connectivity index (χ0n) is 19.0. The van der Waals surface area contributed by atoms with Gasteiger partial charge in [-0.2, -0.15) is 0 Å². The van der Waals surface area contributed by atoms with E-state index in [2.05, 4.69) is 32.6 Å². The second kappa shape index (κ2) is 10.4. The molecule has 0 bridgehead atoms. The van der Waals surface area contributed by atoms with Gasteiger partial charge in [0.15, 0.2) is 0 Å². The molecular weight excluding hydrogens is 420 g/mol. The van der Waals surface area contributed by atoms with E-state index >= 15 is 0 Å². The highest BCUT2D eigenvalue weighted by molar-refractivity contribution is 5.95. The molecule has 2 aromatic carbocycles. The molecule has 8 nitrogen and oxygen atoms in total. The molecule has 0 aliphatic carbocycles. The second-order valence-corrected chi connectivity index (χ2v) is 8.02. The molecule has 174 valence electrons. The molecule has 2 amide bonds. The predicted molar refractivity (Wildman–Crippen MR) is 126 cm³/mol. The van der Waals surface area contributed by atoms with Crippen molar-refractivity contribution in [3.8, 4) is 5.75 Å². The van der Waals surface area contributed by atoms with Crippen LogP contribution in [0.5, 0.6) is 5.75 Å². The highest BCUT2D eigenvalue weighted by atomic mass is 16.5. The van der Waals surface area contributed by atoms with E-state index in [1.165, 1.54) is 5.69 Å².